The van der Waals surface area contributed by atoms with Gasteiger partial charge in [-0.15, -0.1) is 5.10 Å². The fourth-order valence-corrected chi connectivity index (χ4v) is 2.40. The SMILES string of the molecule is N#Cc1ccccc1-c1cc(COc2cc(N)nc3n[nH]nc23)on1. The number of benzene rings is 1. The van der Waals surface area contributed by atoms with E-state index in [1.165, 1.54) is 0 Å². The Morgan fingerprint density at radius 2 is 2.12 bits per heavy atom. The molecule has 0 fully saturated rings. The molecular weight excluding hydrogens is 322 g/mol. The van der Waals surface area contributed by atoms with Crippen molar-refractivity contribution in [2.75, 3.05) is 5.73 Å². The quantitative estimate of drug-likeness (QED) is 0.578. The molecule has 9 nitrogen and oxygen atoms in total. The molecule has 4 aromatic rings. The smallest absolute Gasteiger partial charge is 0.207 e. The molecule has 9 heteroatoms. The van der Waals surface area contributed by atoms with Gasteiger partial charge < -0.3 is 15.0 Å². The van der Waals surface area contributed by atoms with E-state index in [0.717, 1.165) is 0 Å². The van der Waals surface area contributed by atoms with Crippen molar-refractivity contribution in [1.82, 2.24) is 25.6 Å². The molecule has 0 amide bonds. The van der Waals surface area contributed by atoms with Crippen molar-refractivity contribution >= 4 is 17.0 Å². The Morgan fingerprint density at radius 1 is 1.24 bits per heavy atom. The number of anilines is 1. The molecule has 0 bridgehead atoms. The zero-order chi connectivity index (χ0) is 17.2. The van der Waals surface area contributed by atoms with Gasteiger partial charge in [-0.25, -0.2) is 4.98 Å². The Hall–Kier alpha value is -3.93. The van der Waals surface area contributed by atoms with Gasteiger partial charge >= 0.3 is 0 Å². The molecule has 122 valence electrons. The monoisotopic (exact) mass is 333 g/mol. The number of rotatable bonds is 4. The first-order valence-corrected chi connectivity index (χ1v) is 7.29. The van der Waals surface area contributed by atoms with Gasteiger partial charge in [0.2, 0.25) is 5.65 Å². The summed E-state index contributed by atoms with van der Waals surface area (Å²) < 4.78 is 11.0. The molecule has 0 radical (unpaired) electrons. The van der Waals surface area contributed by atoms with Crippen LogP contribution in [0, 0.1) is 11.3 Å². The number of aromatic amines is 1. The van der Waals surface area contributed by atoms with Gasteiger partial charge in [0.15, 0.2) is 17.0 Å². The van der Waals surface area contributed by atoms with Crippen LogP contribution in [-0.2, 0) is 6.61 Å². The third-order valence-electron chi connectivity index (χ3n) is 3.53. The summed E-state index contributed by atoms with van der Waals surface area (Å²) in [5.74, 6) is 1.21. The molecule has 3 N–H and O–H groups in total. The first-order chi connectivity index (χ1) is 12.2. The lowest BCUT2D eigenvalue weighted by molar-refractivity contribution is 0.251. The summed E-state index contributed by atoms with van der Waals surface area (Å²) in [5, 5.41) is 23.5. The second kappa shape index (κ2) is 5.93. The number of nitriles is 1. The summed E-state index contributed by atoms with van der Waals surface area (Å²) in [4.78, 5) is 4.04. The van der Waals surface area contributed by atoms with E-state index in [2.05, 4.69) is 31.6 Å². The standard InChI is InChI=1S/C16H11N7O2/c17-7-9-3-1-2-4-11(9)12-5-10(25-22-12)8-24-13-6-14(18)19-16-15(13)20-23-21-16/h1-6H,8H2,(H3,18,19,20,21,23). The molecule has 0 atom stereocenters. The van der Waals surface area contributed by atoms with Gasteiger partial charge in [0, 0.05) is 17.7 Å². The highest BCUT2D eigenvalue weighted by molar-refractivity contribution is 5.78. The van der Waals surface area contributed by atoms with E-state index in [1.54, 1.807) is 24.3 Å². The summed E-state index contributed by atoms with van der Waals surface area (Å²) in [6.45, 7) is 0.118. The fourth-order valence-electron chi connectivity index (χ4n) is 2.40. The largest absolute Gasteiger partial charge is 0.483 e. The lowest BCUT2D eigenvalue weighted by atomic mass is 10.1. The van der Waals surface area contributed by atoms with Gasteiger partial charge in [0.05, 0.1) is 11.6 Å². The summed E-state index contributed by atoms with van der Waals surface area (Å²) in [6, 6.07) is 12.6. The van der Waals surface area contributed by atoms with E-state index in [4.69, 9.17) is 15.0 Å². The number of hydrogen-bond acceptors (Lipinski definition) is 8. The number of hydrogen-bond donors (Lipinski definition) is 2. The van der Waals surface area contributed by atoms with Crippen molar-refractivity contribution in [3.05, 3.63) is 47.7 Å². The minimum atomic E-state index is 0.118. The number of fused-ring (bicyclic) bond motifs is 1. The second-order valence-electron chi connectivity index (χ2n) is 5.17. The molecule has 0 aliphatic carbocycles. The Balaban J connectivity index is 1.57. The molecule has 1 aromatic carbocycles. The molecule has 0 aliphatic heterocycles. The first kappa shape index (κ1) is 14.6. The van der Waals surface area contributed by atoms with Gasteiger partial charge in [0.1, 0.15) is 18.1 Å². The predicted octanol–water partition coefficient (Wildman–Crippen LogP) is 2.04. The van der Waals surface area contributed by atoms with Crippen molar-refractivity contribution < 1.29 is 9.26 Å². The zero-order valence-corrected chi connectivity index (χ0v) is 12.8. The number of nitrogen functional groups attached to an aromatic ring is 1. The van der Waals surface area contributed by atoms with Crippen LogP contribution >= 0.6 is 0 Å². The third kappa shape index (κ3) is 2.72. The summed E-state index contributed by atoms with van der Waals surface area (Å²) >= 11 is 0. The van der Waals surface area contributed by atoms with Crippen LogP contribution in [-0.4, -0.2) is 25.6 Å². The number of ether oxygens (including phenoxy) is 1. The van der Waals surface area contributed by atoms with Crippen LogP contribution in [0.4, 0.5) is 5.82 Å². The van der Waals surface area contributed by atoms with E-state index in [9.17, 15) is 5.26 Å². The summed E-state index contributed by atoms with van der Waals surface area (Å²) in [6.07, 6.45) is 0. The third-order valence-corrected chi connectivity index (χ3v) is 3.53. The van der Waals surface area contributed by atoms with E-state index >= 15 is 0 Å². The van der Waals surface area contributed by atoms with E-state index in [1.807, 2.05) is 12.1 Å². The Morgan fingerprint density at radius 3 is 3.00 bits per heavy atom. The first-order valence-electron chi connectivity index (χ1n) is 7.29. The van der Waals surface area contributed by atoms with Crippen LogP contribution in [0.5, 0.6) is 5.75 Å². The molecule has 3 heterocycles. The van der Waals surface area contributed by atoms with Crippen molar-refractivity contribution in [1.29, 1.82) is 5.26 Å². The topological polar surface area (TPSA) is 140 Å². The second-order valence-corrected chi connectivity index (χ2v) is 5.17. The zero-order valence-electron chi connectivity index (χ0n) is 12.8. The lowest BCUT2D eigenvalue weighted by Crippen LogP contribution is -1.98. The molecule has 3 aromatic heterocycles. The number of pyridine rings is 1. The highest BCUT2D eigenvalue weighted by atomic mass is 16.5. The molecular formula is C16H11N7O2. The number of nitrogens with one attached hydrogen (secondary N) is 1. The maximum absolute atomic E-state index is 9.18. The minimum Gasteiger partial charge on any atom is -0.483 e. The maximum Gasteiger partial charge on any atom is 0.207 e. The van der Waals surface area contributed by atoms with Crippen LogP contribution in [0.1, 0.15) is 11.3 Å². The Labute approximate surface area is 141 Å². The Kier molecular flexibility index (Phi) is 3.48. The number of H-pyrrole nitrogens is 1. The van der Waals surface area contributed by atoms with Crippen LogP contribution in [0.25, 0.3) is 22.4 Å². The van der Waals surface area contributed by atoms with Gasteiger partial charge in [-0.2, -0.15) is 15.6 Å². The molecule has 25 heavy (non-hydrogen) atoms. The minimum absolute atomic E-state index is 0.118. The van der Waals surface area contributed by atoms with Gasteiger partial charge in [-0.3, -0.25) is 0 Å². The van der Waals surface area contributed by atoms with E-state index in [-0.39, 0.29) is 12.4 Å². The van der Waals surface area contributed by atoms with Crippen molar-refractivity contribution in [3.63, 3.8) is 0 Å². The van der Waals surface area contributed by atoms with E-state index < -0.39 is 0 Å². The normalized spacial score (nSPS) is 10.7. The van der Waals surface area contributed by atoms with Gasteiger partial charge in [-0.05, 0) is 6.07 Å². The average Bonchev–Trinajstić information content (AvgIpc) is 3.28. The van der Waals surface area contributed by atoms with E-state index in [0.29, 0.717) is 39.5 Å². The molecule has 0 saturated carbocycles. The van der Waals surface area contributed by atoms with Crippen molar-refractivity contribution in [3.8, 4) is 23.1 Å². The fraction of sp³-hybridized carbons (Fsp3) is 0.0625. The number of nitrogens with two attached hydrogens (primary N) is 1. The maximum atomic E-state index is 9.18. The van der Waals surface area contributed by atoms with Crippen LogP contribution < -0.4 is 10.5 Å². The highest BCUT2D eigenvalue weighted by Crippen LogP contribution is 2.26. The van der Waals surface area contributed by atoms with Crippen LogP contribution in [0.15, 0.2) is 40.9 Å². The highest BCUT2D eigenvalue weighted by Gasteiger charge is 2.13. The Bertz CT molecular complexity index is 1090. The summed E-state index contributed by atoms with van der Waals surface area (Å²) in [7, 11) is 0. The van der Waals surface area contributed by atoms with Gasteiger partial charge in [0.25, 0.3) is 0 Å². The van der Waals surface area contributed by atoms with Crippen molar-refractivity contribution in [2.45, 2.75) is 6.61 Å². The molecule has 0 aliphatic rings. The molecule has 4 rings (SSSR count). The molecule has 0 unspecified atom stereocenters. The van der Waals surface area contributed by atoms with Crippen LogP contribution in [0.2, 0.25) is 0 Å². The van der Waals surface area contributed by atoms with Crippen molar-refractivity contribution in [2.24, 2.45) is 0 Å². The average molecular weight is 333 g/mol. The predicted molar refractivity (Wildman–Crippen MR) is 87.1 cm³/mol. The molecule has 0 saturated heterocycles. The summed E-state index contributed by atoms with van der Waals surface area (Å²) in [5.41, 5.74) is 8.36. The van der Waals surface area contributed by atoms with Gasteiger partial charge in [-0.1, -0.05) is 23.4 Å². The van der Waals surface area contributed by atoms with Crippen LogP contribution in [0.3, 0.4) is 0 Å². The lowest BCUT2D eigenvalue weighted by Gasteiger charge is -2.04. The number of aromatic nitrogens is 5. The molecule has 0 spiro atoms. The number of nitrogens with zero attached hydrogens (tertiary/aromatic N) is 5.